The van der Waals surface area contributed by atoms with Crippen LogP contribution in [0, 0.1) is 11.8 Å². The van der Waals surface area contributed by atoms with Gasteiger partial charge in [0.25, 0.3) is 0 Å². The Morgan fingerprint density at radius 3 is 1.21 bits per heavy atom. The first kappa shape index (κ1) is 34.3. The molecular weight excluding hydrogens is 641 g/mol. The molecule has 0 radical (unpaired) electrons. The van der Waals surface area contributed by atoms with Crippen LogP contribution in [0.2, 0.25) is 0 Å². The first-order chi connectivity index (χ1) is 25.6. The van der Waals surface area contributed by atoms with Crippen molar-refractivity contribution in [3.8, 4) is 0 Å². The van der Waals surface area contributed by atoms with Crippen LogP contribution < -0.4 is 10.6 Å². The smallest absolute Gasteiger partial charge is 0.224 e. The SMILES string of the molecule is O=C(Cc1cccc(CC(=O)NC2CCC(CCN3C4CCC3c3ccccc34)CC2)c1)NC1CCC(CCN2C3CCC2c2ccccc23)CC1. The summed E-state index contributed by atoms with van der Waals surface area (Å²) < 4.78 is 0. The average Bonchev–Trinajstić information content (AvgIpc) is 3.93. The summed E-state index contributed by atoms with van der Waals surface area (Å²) in [7, 11) is 0. The van der Waals surface area contributed by atoms with Crippen LogP contribution in [0.5, 0.6) is 0 Å². The summed E-state index contributed by atoms with van der Waals surface area (Å²) >= 11 is 0. The van der Waals surface area contributed by atoms with Crippen molar-refractivity contribution >= 4 is 11.8 Å². The van der Waals surface area contributed by atoms with E-state index in [-0.39, 0.29) is 23.9 Å². The molecular formula is C46H58N4O2. The average molecular weight is 699 g/mol. The van der Waals surface area contributed by atoms with Crippen LogP contribution in [0.3, 0.4) is 0 Å². The van der Waals surface area contributed by atoms with E-state index in [0.717, 1.165) is 48.6 Å². The van der Waals surface area contributed by atoms with Gasteiger partial charge in [-0.2, -0.15) is 0 Å². The summed E-state index contributed by atoms with van der Waals surface area (Å²) in [6.45, 7) is 2.41. The summed E-state index contributed by atoms with van der Waals surface area (Å²) in [5.74, 6) is 1.75. The first-order valence-electron chi connectivity index (χ1n) is 20.9. The summed E-state index contributed by atoms with van der Waals surface area (Å²) in [5.41, 5.74) is 8.30. The number of carbonyl (C=O) groups excluding carboxylic acids is 2. The lowest BCUT2D eigenvalue weighted by Crippen LogP contribution is -2.39. The largest absolute Gasteiger partial charge is 0.353 e. The number of amides is 2. The topological polar surface area (TPSA) is 64.7 Å². The van der Waals surface area contributed by atoms with Crippen molar-refractivity contribution in [2.75, 3.05) is 13.1 Å². The van der Waals surface area contributed by atoms with Crippen LogP contribution in [0.4, 0.5) is 0 Å². The van der Waals surface area contributed by atoms with Gasteiger partial charge in [-0.05, 0) is 148 Å². The molecule has 4 fully saturated rings. The number of hydrogen-bond donors (Lipinski definition) is 2. The lowest BCUT2D eigenvalue weighted by Gasteiger charge is -2.31. The highest BCUT2D eigenvalue weighted by molar-refractivity contribution is 5.80. The Bertz CT molecular complexity index is 1550. The zero-order valence-corrected chi connectivity index (χ0v) is 31.0. The normalized spacial score (nSPS) is 30.6. The molecule has 2 amide bonds. The third kappa shape index (κ3) is 7.10. The minimum atomic E-state index is 0.107. The highest BCUT2D eigenvalue weighted by Gasteiger charge is 2.44. The zero-order chi connectivity index (χ0) is 35.0. The van der Waals surface area contributed by atoms with Crippen molar-refractivity contribution in [1.82, 2.24) is 20.4 Å². The van der Waals surface area contributed by atoms with E-state index in [9.17, 15) is 9.59 Å². The van der Waals surface area contributed by atoms with Crippen LogP contribution in [0.25, 0.3) is 0 Å². The summed E-state index contributed by atoms with van der Waals surface area (Å²) in [5, 5.41) is 6.69. The van der Waals surface area contributed by atoms with Crippen molar-refractivity contribution in [3.05, 3.63) is 106 Å². The molecule has 4 heterocycles. The molecule has 52 heavy (non-hydrogen) atoms. The molecule has 2 N–H and O–H groups in total. The van der Waals surface area contributed by atoms with Gasteiger partial charge in [-0.3, -0.25) is 19.4 Å². The maximum absolute atomic E-state index is 13.1. The maximum atomic E-state index is 13.1. The summed E-state index contributed by atoms with van der Waals surface area (Å²) in [6.07, 6.45) is 17.7. The lowest BCUT2D eigenvalue weighted by molar-refractivity contribution is -0.122. The van der Waals surface area contributed by atoms with Gasteiger partial charge in [-0.15, -0.1) is 0 Å². The molecule has 4 unspecified atom stereocenters. The minimum absolute atomic E-state index is 0.107. The van der Waals surface area contributed by atoms with Gasteiger partial charge in [-0.25, -0.2) is 0 Å². The van der Waals surface area contributed by atoms with Crippen molar-refractivity contribution in [2.45, 2.75) is 139 Å². The second kappa shape index (κ2) is 15.1. The van der Waals surface area contributed by atoms with E-state index < -0.39 is 0 Å². The van der Waals surface area contributed by atoms with Crippen LogP contribution in [-0.2, 0) is 22.4 Å². The third-order valence-electron chi connectivity index (χ3n) is 14.2. The Morgan fingerprint density at radius 1 is 0.481 bits per heavy atom. The van der Waals surface area contributed by atoms with E-state index in [1.54, 1.807) is 22.3 Å². The number of hydrogen-bond acceptors (Lipinski definition) is 4. The third-order valence-corrected chi connectivity index (χ3v) is 14.2. The lowest BCUT2D eigenvalue weighted by atomic mass is 9.84. The number of nitrogens with one attached hydrogen (secondary N) is 2. The molecule has 4 atom stereocenters. The minimum Gasteiger partial charge on any atom is -0.353 e. The Kier molecular flexibility index (Phi) is 9.96. The Hall–Kier alpha value is -3.48. The highest BCUT2D eigenvalue weighted by Crippen LogP contribution is 2.54. The molecule has 3 aromatic rings. The standard InChI is InChI=1S/C46H58N4O2/c51-45(47-35-16-12-31(13-17-35)24-26-49-41-20-21-42(49)38-9-2-1-8-37(38)41)29-33-6-5-7-34(28-33)30-46(52)48-36-18-14-32(15-19-36)25-27-50-43-22-23-44(50)40-11-4-3-10-39(40)43/h1-11,28,31-32,35-36,41-44H,12-27,29-30H2,(H,47,51)(H,48,52). The van der Waals surface area contributed by atoms with Gasteiger partial charge in [0.05, 0.1) is 12.8 Å². The van der Waals surface area contributed by atoms with Gasteiger partial charge in [-0.1, -0.05) is 72.8 Å². The number of nitrogens with zero attached hydrogens (tertiary/aromatic N) is 2. The first-order valence-corrected chi connectivity index (χ1v) is 20.9. The van der Waals surface area contributed by atoms with Crippen LogP contribution in [0.15, 0.2) is 72.8 Å². The van der Waals surface area contributed by atoms with Crippen molar-refractivity contribution < 1.29 is 9.59 Å². The Morgan fingerprint density at radius 2 is 0.846 bits per heavy atom. The number of benzene rings is 3. The molecule has 2 saturated carbocycles. The van der Waals surface area contributed by atoms with Crippen molar-refractivity contribution in [1.29, 1.82) is 0 Å². The molecule has 3 aromatic carbocycles. The monoisotopic (exact) mass is 698 g/mol. The van der Waals surface area contributed by atoms with Gasteiger partial charge in [0.1, 0.15) is 0 Å². The fourth-order valence-corrected chi connectivity index (χ4v) is 11.6. The Balaban J connectivity index is 0.664. The van der Waals surface area contributed by atoms with Gasteiger partial charge >= 0.3 is 0 Å². The molecule has 4 bridgehead atoms. The van der Waals surface area contributed by atoms with Crippen molar-refractivity contribution in [3.63, 3.8) is 0 Å². The molecule has 2 saturated heterocycles. The maximum Gasteiger partial charge on any atom is 0.224 e. The van der Waals surface area contributed by atoms with Gasteiger partial charge < -0.3 is 10.6 Å². The second-order valence-electron chi connectivity index (χ2n) is 17.3. The molecule has 4 aliphatic heterocycles. The fraction of sp³-hybridized carbons (Fsp3) is 0.565. The molecule has 2 aliphatic carbocycles. The van der Waals surface area contributed by atoms with Gasteiger partial charge in [0, 0.05) is 36.3 Å². The number of rotatable bonds is 12. The van der Waals surface area contributed by atoms with Crippen LogP contribution in [0.1, 0.15) is 147 Å². The quantitative estimate of drug-likeness (QED) is 0.199. The van der Waals surface area contributed by atoms with Gasteiger partial charge in [0.2, 0.25) is 11.8 Å². The predicted octanol–water partition coefficient (Wildman–Crippen LogP) is 8.69. The second-order valence-corrected chi connectivity index (χ2v) is 17.3. The van der Waals surface area contributed by atoms with Crippen molar-refractivity contribution in [2.24, 2.45) is 11.8 Å². The van der Waals surface area contributed by atoms with E-state index in [2.05, 4.69) is 75.0 Å². The van der Waals surface area contributed by atoms with Crippen LogP contribution in [-0.4, -0.2) is 46.8 Å². The number of carbonyl (C=O) groups is 2. The summed E-state index contributed by atoms with van der Waals surface area (Å²) in [6, 6.07) is 29.4. The molecule has 274 valence electrons. The Labute approximate surface area is 311 Å². The highest BCUT2D eigenvalue weighted by atomic mass is 16.2. The molecule has 9 rings (SSSR count). The van der Waals surface area contributed by atoms with Crippen LogP contribution >= 0.6 is 0 Å². The molecule has 6 nitrogen and oxygen atoms in total. The molecule has 6 heteroatoms. The molecule has 0 aromatic heterocycles. The predicted molar refractivity (Wildman–Crippen MR) is 207 cm³/mol. The molecule has 0 spiro atoms. The van der Waals surface area contributed by atoms with E-state index in [1.807, 2.05) is 18.2 Å². The zero-order valence-electron chi connectivity index (χ0n) is 31.0. The number of fused-ring (bicyclic) bond motifs is 10. The molecule has 6 aliphatic rings. The van der Waals surface area contributed by atoms with E-state index >= 15 is 0 Å². The van der Waals surface area contributed by atoms with Gasteiger partial charge in [0.15, 0.2) is 0 Å². The van der Waals surface area contributed by atoms with E-state index in [0.29, 0.717) is 37.0 Å². The summed E-state index contributed by atoms with van der Waals surface area (Å²) in [4.78, 5) is 31.7. The van der Waals surface area contributed by atoms with E-state index in [4.69, 9.17) is 0 Å². The fourth-order valence-electron chi connectivity index (χ4n) is 11.6. The van der Waals surface area contributed by atoms with E-state index in [1.165, 1.54) is 77.3 Å².